The monoisotopic (exact) mass is 517 g/mol. The molecule has 3 aromatic rings. The van der Waals surface area contributed by atoms with Gasteiger partial charge in [0.2, 0.25) is 0 Å². The van der Waals surface area contributed by atoms with E-state index in [1.54, 1.807) is 0 Å². The topological polar surface area (TPSA) is 137 Å². The van der Waals surface area contributed by atoms with Crippen LogP contribution >= 0.6 is 0 Å². The summed E-state index contributed by atoms with van der Waals surface area (Å²) in [5, 5.41) is 20.9. The van der Waals surface area contributed by atoms with Crippen LogP contribution in [0.2, 0.25) is 0 Å². The Morgan fingerprint density at radius 2 is 2.00 bits per heavy atom. The third kappa shape index (κ3) is 5.11. The van der Waals surface area contributed by atoms with E-state index in [0.29, 0.717) is 31.0 Å². The summed E-state index contributed by atoms with van der Waals surface area (Å²) < 4.78 is 44.8. The molecule has 37 heavy (non-hydrogen) atoms. The molecule has 11 nitrogen and oxygen atoms in total. The summed E-state index contributed by atoms with van der Waals surface area (Å²) in [6.45, 7) is 0.591. The third-order valence-electron chi connectivity index (χ3n) is 6.01. The number of rotatable bonds is 6. The van der Waals surface area contributed by atoms with Crippen LogP contribution in [0.3, 0.4) is 0 Å². The van der Waals surface area contributed by atoms with Gasteiger partial charge in [-0.1, -0.05) is 12.1 Å². The lowest BCUT2D eigenvalue weighted by Gasteiger charge is -2.35. The number of hydrogen-bond acceptors (Lipinski definition) is 9. The summed E-state index contributed by atoms with van der Waals surface area (Å²) in [6.07, 6.45) is -0.732. The number of fused-ring (bicyclic) bond motifs is 4. The van der Waals surface area contributed by atoms with Gasteiger partial charge in [0, 0.05) is 18.7 Å². The van der Waals surface area contributed by atoms with Crippen LogP contribution in [-0.2, 0) is 6.18 Å². The number of alkyl halides is 3. The van der Waals surface area contributed by atoms with Crippen molar-refractivity contribution in [2.75, 3.05) is 41.4 Å². The van der Waals surface area contributed by atoms with Gasteiger partial charge in [0.25, 0.3) is 0 Å². The van der Waals surface area contributed by atoms with Gasteiger partial charge in [-0.25, -0.2) is 24.7 Å². The van der Waals surface area contributed by atoms with E-state index in [9.17, 15) is 23.1 Å². The zero-order valence-electron chi connectivity index (χ0n) is 19.3. The number of amides is 2. The van der Waals surface area contributed by atoms with Gasteiger partial charge in [-0.2, -0.15) is 13.2 Å². The van der Waals surface area contributed by atoms with Gasteiger partial charge < -0.3 is 25.2 Å². The van der Waals surface area contributed by atoms with Crippen LogP contribution in [0.15, 0.2) is 42.9 Å². The second-order valence-corrected chi connectivity index (χ2v) is 8.57. The molecule has 1 aromatic carbocycles. The maximum atomic E-state index is 13.3. The molecule has 3 N–H and O–H groups in total. The molecule has 1 saturated heterocycles. The number of urea groups is 1. The minimum Gasteiger partial charge on any atom is -0.461 e. The van der Waals surface area contributed by atoms with Crippen molar-refractivity contribution in [2.45, 2.75) is 24.7 Å². The summed E-state index contributed by atoms with van der Waals surface area (Å²) in [4.78, 5) is 33.6. The lowest BCUT2D eigenvalue weighted by molar-refractivity contribution is -0.137. The second kappa shape index (κ2) is 9.78. The lowest BCUT2D eigenvalue weighted by Crippen LogP contribution is -2.48. The van der Waals surface area contributed by atoms with Crippen LogP contribution in [-0.4, -0.2) is 74.6 Å². The molecule has 0 spiro atoms. The molecule has 5 rings (SSSR count). The Hall–Kier alpha value is -4.04. The van der Waals surface area contributed by atoms with Gasteiger partial charge in [0.05, 0.1) is 48.2 Å². The molecular weight excluding hydrogens is 495 g/mol. The highest BCUT2D eigenvalue weighted by Crippen LogP contribution is 2.40. The first-order valence-electron chi connectivity index (χ1n) is 11.4. The number of ether oxygens (including phenoxy) is 1. The molecular formula is C23H22F3N7O4. The summed E-state index contributed by atoms with van der Waals surface area (Å²) >= 11 is 0. The largest absolute Gasteiger partial charge is 0.461 e. The molecule has 2 amide bonds. The number of nitrogens with one attached hydrogen (secondary N) is 1. The van der Waals surface area contributed by atoms with Crippen molar-refractivity contribution < 1.29 is 32.9 Å². The lowest BCUT2D eigenvalue weighted by atomic mass is 10.1. The molecule has 2 aromatic heterocycles. The van der Waals surface area contributed by atoms with Gasteiger partial charge in [0.15, 0.2) is 11.6 Å². The van der Waals surface area contributed by atoms with Crippen molar-refractivity contribution in [3.05, 3.63) is 48.4 Å². The summed E-state index contributed by atoms with van der Waals surface area (Å²) in [6, 6.07) is 3.98. The second-order valence-electron chi connectivity index (χ2n) is 8.57. The Morgan fingerprint density at radius 3 is 2.73 bits per heavy atom. The summed E-state index contributed by atoms with van der Waals surface area (Å²) in [5.41, 5.74) is 0.250. The van der Waals surface area contributed by atoms with Crippen LogP contribution in [0.25, 0.3) is 11.4 Å². The number of aromatic nitrogens is 4. The SMILES string of the molecule is O=C(Nc1cnc(OC[C@@H](O)CO)nc1)N1c2nc(-c3cccc(C(F)(F)F)c3)ncc2N2CCC1C2. The maximum absolute atomic E-state index is 13.3. The first-order valence-corrected chi connectivity index (χ1v) is 11.4. The van der Waals surface area contributed by atoms with Crippen LogP contribution < -0.4 is 19.9 Å². The molecule has 1 fully saturated rings. The van der Waals surface area contributed by atoms with Gasteiger partial charge in [-0.05, 0) is 18.6 Å². The summed E-state index contributed by atoms with van der Waals surface area (Å²) in [5.74, 6) is 0.368. The van der Waals surface area contributed by atoms with E-state index in [1.165, 1.54) is 35.6 Å². The van der Waals surface area contributed by atoms with Crippen molar-refractivity contribution in [3.8, 4) is 17.4 Å². The van der Waals surface area contributed by atoms with E-state index >= 15 is 0 Å². The number of anilines is 3. The molecule has 194 valence electrons. The molecule has 2 aliphatic heterocycles. The maximum Gasteiger partial charge on any atom is 0.416 e. The Balaban J connectivity index is 1.39. The molecule has 0 radical (unpaired) electrons. The molecule has 4 heterocycles. The van der Waals surface area contributed by atoms with Crippen LogP contribution in [0.1, 0.15) is 12.0 Å². The smallest absolute Gasteiger partial charge is 0.416 e. The number of aliphatic hydroxyl groups is 2. The average molecular weight is 517 g/mol. The quantitative estimate of drug-likeness (QED) is 0.450. The van der Waals surface area contributed by atoms with E-state index in [1.807, 2.05) is 4.90 Å². The Kier molecular flexibility index (Phi) is 6.52. The normalized spacial score (nSPS) is 17.4. The fourth-order valence-corrected chi connectivity index (χ4v) is 4.21. The molecule has 14 heteroatoms. The van der Waals surface area contributed by atoms with Gasteiger partial charge in [-0.3, -0.25) is 4.90 Å². The number of halogens is 3. The Bertz CT molecular complexity index is 1290. The number of benzene rings is 1. The van der Waals surface area contributed by atoms with Crippen molar-refractivity contribution in [2.24, 2.45) is 0 Å². The highest BCUT2D eigenvalue weighted by molar-refractivity contribution is 6.04. The summed E-state index contributed by atoms with van der Waals surface area (Å²) in [7, 11) is 0. The number of carbonyl (C=O) groups is 1. The first-order chi connectivity index (χ1) is 17.7. The molecule has 0 aliphatic carbocycles. The van der Waals surface area contributed by atoms with Crippen LogP contribution in [0.5, 0.6) is 6.01 Å². The molecule has 2 bridgehead atoms. The van der Waals surface area contributed by atoms with E-state index in [0.717, 1.165) is 12.1 Å². The van der Waals surface area contributed by atoms with E-state index in [2.05, 4.69) is 25.3 Å². The van der Waals surface area contributed by atoms with Crippen molar-refractivity contribution in [1.29, 1.82) is 0 Å². The highest BCUT2D eigenvalue weighted by Gasteiger charge is 2.41. The van der Waals surface area contributed by atoms with Gasteiger partial charge in [0.1, 0.15) is 12.7 Å². The zero-order chi connectivity index (χ0) is 26.2. The fourth-order valence-electron chi connectivity index (χ4n) is 4.21. The number of hydrogen-bond donors (Lipinski definition) is 3. The number of carbonyl (C=O) groups excluding carboxylic acids is 1. The van der Waals surface area contributed by atoms with Crippen LogP contribution in [0, 0.1) is 0 Å². The predicted octanol–water partition coefficient (Wildman–Crippen LogP) is 2.32. The van der Waals surface area contributed by atoms with Gasteiger partial charge in [-0.15, -0.1) is 0 Å². The fraction of sp³-hybridized carbons (Fsp3) is 0.348. The van der Waals surface area contributed by atoms with Crippen molar-refractivity contribution >= 4 is 23.2 Å². The highest BCUT2D eigenvalue weighted by atomic mass is 19.4. The predicted molar refractivity (Wildman–Crippen MR) is 125 cm³/mol. The van der Waals surface area contributed by atoms with E-state index < -0.39 is 30.5 Å². The average Bonchev–Trinajstić information content (AvgIpc) is 3.31. The minimum atomic E-state index is -4.51. The zero-order valence-corrected chi connectivity index (χ0v) is 19.3. The Labute approximate surface area is 208 Å². The standard InChI is InChI=1S/C23H22F3N7O4/c24-23(25,26)14-3-1-2-13(6-14)19-27-9-18-20(31-19)33(16-4-5-32(18)10-16)22(36)30-15-7-28-21(29-8-15)37-12-17(35)11-34/h1-3,6-9,16-17,34-35H,4-5,10-12H2,(H,30,36)/t16?,17-/m0/s1. The first kappa shape index (κ1) is 24.6. The Morgan fingerprint density at radius 1 is 1.22 bits per heavy atom. The van der Waals surface area contributed by atoms with Crippen LogP contribution in [0.4, 0.5) is 35.2 Å². The minimum absolute atomic E-state index is 0.0429. The molecule has 2 atom stereocenters. The molecule has 1 unspecified atom stereocenters. The number of aliphatic hydroxyl groups excluding tert-OH is 2. The third-order valence-corrected chi connectivity index (χ3v) is 6.01. The molecule has 0 saturated carbocycles. The van der Waals surface area contributed by atoms with E-state index in [4.69, 9.17) is 9.84 Å². The number of nitrogens with zero attached hydrogens (tertiary/aromatic N) is 6. The van der Waals surface area contributed by atoms with E-state index in [-0.39, 0.29) is 35.7 Å². The van der Waals surface area contributed by atoms with Crippen molar-refractivity contribution in [1.82, 2.24) is 19.9 Å². The van der Waals surface area contributed by atoms with Gasteiger partial charge >= 0.3 is 18.2 Å². The van der Waals surface area contributed by atoms with Crippen molar-refractivity contribution in [3.63, 3.8) is 0 Å². The molecule has 2 aliphatic rings.